The van der Waals surface area contributed by atoms with Gasteiger partial charge in [0.15, 0.2) is 0 Å². The molecule has 2 rings (SSSR count). The standard InChI is InChI=1S/C19H29N3O3/c1-15-8-9-16-6-4-5-7-17(16)22(15)11-10-18(23)21(14-19(24)25)13-12-20(2)3/h4-7,15H,8-14H2,1-3H3,(H,24,25)/t15-/m1/s1. The van der Waals surface area contributed by atoms with E-state index in [1.54, 1.807) is 0 Å². The summed E-state index contributed by atoms with van der Waals surface area (Å²) in [4.78, 5) is 29.3. The van der Waals surface area contributed by atoms with Gasteiger partial charge in [-0.05, 0) is 45.5 Å². The Labute approximate surface area is 150 Å². The van der Waals surface area contributed by atoms with Crippen LogP contribution in [0.2, 0.25) is 0 Å². The lowest BCUT2D eigenvalue weighted by atomic mass is 9.96. The predicted molar refractivity (Wildman–Crippen MR) is 99.0 cm³/mol. The third kappa shape index (κ3) is 5.46. The van der Waals surface area contributed by atoms with E-state index in [0.29, 0.717) is 32.1 Å². The van der Waals surface area contributed by atoms with Gasteiger partial charge in [-0.2, -0.15) is 0 Å². The molecule has 0 radical (unpaired) electrons. The summed E-state index contributed by atoms with van der Waals surface area (Å²) in [7, 11) is 3.82. The van der Waals surface area contributed by atoms with E-state index in [-0.39, 0.29) is 12.5 Å². The summed E-state index contributed by atoms with van der Waals surface area (Å²) >= 11 is 0. The summed E-state index contributed by atoms with van der Waals surface area (Å²) < 4.78 is 0. The predicted octanol–water partition coefficient (Wildman–Crippen LogP) is 1.69. The Bertz CT molecular complexity index is 603. The number of rotatable bonds is 8. The molecular weight excluding hydrogens is 318 g/mol. The number of carbonyl (C=O) groups excluding carboxylic acids is 1. The summed E-state index contributed by atoms with van der Waals surface area (Å²) in [6.07, 6.45) is 2.47. The summed E-state index contributed by atoms with van der Waals surface area (Å²) in [6, 6.07) is 8.71. The van der Waals surface area contributed by atoms with Crippen LogP contribution in [-0.4, -0.2) is 73.1 Å². The SMILES string of the molecule is C[C@@H]1CCc2ccccc2N1CCC(=O)N(CCN(C)C)CC(=O)O. The first-order valence-corrected chi connectivity index (χ1v) is 8.87. The molecule has 1 heterocycles. The Hall–Kier alpha value is -2.08. The molecule has 138 valence electrons. The van der Waals surface area contributed by atoms with Crippen molar-refractivity contribution >= 4 is 17.6 Å². The highest BCUT2D eigenvalue weighted by molar-refractivity contribution is 5.81. The highest BCUT2D eigenvalue weighted by Gasteiger charge is 2.24. The van der Waals surface area contributed by atoms with Crippen molar-refractivity contribution in [2.75, 3.05) is 45.2 Å². The maximum Gasteiger partial charge on any atom is 0.323 e. The first-order valence-electron chi connectivity index (χ1n) is 8.87. The van der Waals surface area contributed by atoms with Crippen molar-refractivity contribution in [2.24, 2.45) is 0 Å². The number of para-hydroxylation sites is 1. The van der Waals surface area contributed by atoms with E-state index < -0.39 is 5.97 Å². The van der Waals surface area contributed by atoms with Gasteiger partial charge >= 0.3 is 5.97 Å². The lowest BCUT2D eigenvalue weighted by molar-refractivity contribution is -0.144. The largest absolute Gasteiger partial charge is 0.480 e. The molecule has 25 heavy (non-hydrogen) atoms. The number of aliphatic carboxylic acids is 1. The van der Waals surface area contributed by atoms with Gasteiger partial charge in [-0.3, -0.25) is 9.59 Å². The maximum absolute atomic E-state index is 12.6. The van der Waals surface area contributed by atoms with Crippen LogP contribution in [0.5, 0.6) is 0 Å². The van der Waals surface area contributed by atoms with Crippen molar-refractivity contribution < 1.29 is 14.7 Å². The second kappa shape index (κ2) is 8.85. The van der Waals surface area contributed by atoms with Crippen LogP contribution in [0.3, 0.4) is 0 Å². The highest BCUT2D eigenvalue weighted by atomic mass is 16.4. The van der Waals surface area contributed by atoms with Crippen molar-refractivity contribution in [3.63, 3.8) is 0 Å². The molecule has 1 aromatic rings. The van der Waals surface area contributed by atoms with Crippen LogP contribution in [0.25, 0.3) is 0 Å². The van der Waals surface area contributed by atoms with Crippen LogP contribution in [0, 0.1) is 0 Å². The van der Waals surface area contributed by atoms with Crippen LogP contribution in [-0.2, 0) is 16.0 Å². The normalized spacial score (nSPS) is 16.6. The smallest absolute Gasteiger partial charge is 0.323 e. The summed E-state index contributed by atoms with van der Waals surface area (Å²) in [5.41, 5.74) is 2.52. The molecule has 0 spiro atoms. The molecule has 1 aliphatic rings. The highest BCUT2D eigenvalue weighted by Crippen LogP contribution is 2.30. The maximum atomic E-state index is 12.6. The van der Waals surface area contributed by atoms with Gasteiger partial charge in [0.25, 0.3) is 0 Å². The van der Waals surface area contributed by atoms with Gasteiger partial charge in [-0.15, -0.1) is 0 Å². The fourth-order valence-electron chi connectivity index (χ4n) is 3.25. The molecule has 0 aromatic heterocycles. The number of likely N-dealkylation sites (N-methyl/N-ethyl adjacent to an activating group) is 1. The molecule has 0 bridgehead atoms. The van der Waals surface area contributed by atoms with Gasteiger partial charge in [0.2, 0.25) is 5.91 Å². The second-order valence-corrected chi connectivity index (χ2v) is 6.97. The van der Waals surface area contributed by atoms with Gasteiger partial charge in [-0.1, -0.05) is 18.2 Å². The molecule has 6 nitrogen and oxygen atoms in total. The number of hydrogen-bond acceptors (Lipinski definition) is 4. The number of carbonyl (C=O) groups is 2. The number of anilines is 1. The number of aryl methyl sites for hydroxylation is 1. The molecule has 0 saturated carbocycles. The minimum Gasteiger partial charge on any atom is -0.480 e. The number of fused-ring (bicyclic) bond motifs is 1. The lowest BCUT2D eigenvalue weighted by Gasteiger charge is -2.37. The van der Waals surface area contributed by atoms with Gasteiger partial charge < -0.3 is 19.8 Å². The Morgan fingerprint density at radius 3 is 2.64 bits per heavy atom. The lowest BCUT2D eigenvalue weighted by Crippen LogP contribution is -2.43. The average Bonchev–Trinajstić information content (AvgIpc) is 2.57. The van der Waals surface area contributed by atoms with Gasteiger partial charge in [0.1, 0.15) is 6.54 Å². The van der Waals surface area contributed by atoms with Crippen molar-refractivity contribution in [2.45, 2.75) is 32.2 Å². The fraction of sp³-hybridized carbons (Fsp3) is 0.579. The number of amides is 1. The van der Waals surface area contributed by atoms with E-state index in [1.165, 1.54) is 16.2 Å². The molecule has 1 atom stereocenters. The minimum absolute atomic E-state index is 0.0977. The number of carboxylic acid groups (broad SMARTS) is 1. The van der Waals surface area contributed by atoms with Crippen molar-refractivity contribution in [3.8, 4) is 0 Å². The molecule has 0 unspecified atom stereocenters. The van der Waals surface area contributed by atoms with Gasteiger partial charge in [-0.25, -0.2) is 0 Å². The van der Waals surface area contributed by atoms with E-state index in [0.717, 1.165) is 12.8 Å². The summed E-state index contributed by atoms with van der Waals surface area (Å²) in [6.45, 7) is 3.65. The molecule has 1 amide bonds. The zero-order chi connectivity index (χ0) is 18.4. The molecule has 0 aliphatic carbocycles. The van der Waals surface area contributed by atoms with E-state index in [2.05, 4.69) is 24.0 Å². The van der Waals surface area contributed by atoms with Crippen LogP contribution < -0.4 is 4.90 Å². The number of carboxylic acids is 1. The third-order valence-electron chi connectivity index (χ3n) is 4.73. The Balaban J connectivity index is 2.00. The first-order chi connectivity index (χ1) is 11.9. The molecule has 6 heteroatoms. The topological polar surface area (TPSA) is 64.1 Å². The van der Waals surface area contributed by atoms with E-state index in [1.807, 2.05) is 31.1 Å². The molecule has 1 aliphatic heterocycles. The zero-order valence-electron chi connectivity index (χ0n) is 15.4. The Morgan fingerprint density at radius 1 is 1.24 bits per heavy atom. The van der Waals surface area contributed by atoms with Crippen LogP contribution in [0.4, 0.5) is 5.69 Å². The van der Waals surface area contributed by atoms with Gasteiger partial charge in [0.05, 0.1) is 0 Å². The quantitative estimate of drug-likeness (QED) is 0.775. The molecule has 1 N–H and O–H groups in total. The Morgan fingerprint density at radius 2 is 1.96 bits per heavy atom. The monoisotopic (exact) mass is 347 g/mol. The van der Waals surface area contributed by atoms with Crippen LogP contribution in [0.1, 0.15) is 25.3 Å². The van der Waals surface area contributed by atoms with Crippen LogP contribution in [0.15, 0.2) is 24.3 Å². The minimum atomic E-state index is -0.969. The van der Waals surface area contributed by atoms with Crippen LogP contribution >= 0.6 is 0 Å². The number of nitrogens with zero attached hydrogens (tertiary/aromatic N) is 3. The summed E-state index contributed by atoms with van der Waals surface area (Å²) in [5.74, 6) is -1.07. The molecule has 0 saturated heterocycles. The fourth-order valence-corrected chi connectivity index (χ4v) is 3.25. The van der Waals surface area contributed by atoms with Gasteiger partial charge in [0, 0.05) is 37.8 Å². The molecule has 1 aromatic carbocycles. The number of hydrogen-bond donors (Lipinski definition) is 1. The van der Waals surface area contributed by atoms with Crippen molar-refractivity contribution in [3.05, 3.63) is 29.8 Å². The summed E-state index contributed by atoms with van der Waals surface area (Å²) in [5, 5.41) is 9.07. The van der Waals surface area contributed by atoms with E-state index in [4.69, 9.17) is 5.11 Å². The number of benzene rings is 1. The zero-order valence-corrected chi connectivity index (χ0v) is 15.4. The van der Waals surface area contributed by atoms with E-state index >= 15 is 0 Å². The molecular formula is C19H29N3O3. The van der Waals surface area contributed by atoms with Crippen molar-refractivity contribution in [1.29, 1.82) is 0 Å². The first kappa shape index (κ1) is 19.2. The second-order valence-electron chi connectivity index (χ2n) is 6.97. The van der Waals surface area contributed by atoms with Crippen molar-refractivity contribution in [1.82, 2.24) is 9.80 Å². The Kier molecular flexibility index (Phi) is 6.82. The average molecular weight is 347 g/mol. The van der Waals surface area contributed by atoms with E-state index in [9.17, 15) is 9.59 Å². The molecule has 0 fully saturated rings. The third-order valence-corrected chi connectivity index (χ3v) is 4.73.